The predicted molar refractivity (Wildman–Crippen MR) is 82.4 cm³/mol. The second kappa shape index (κ2) is 7.56. The van der Waals surface area contributed by atoms with Crippen molar-refractivity contribution in [1.29, 1.82) is 0 Å². The molecule has 0 aromatic heterocycles. The number of piperazine rings is 1. The molecule has 1 heterocycles. The van der Waals surface area contributed by atoms with Crippen LogP contribution in [0.5, 0.6) is 0 Å². The first kappa shape index (κ1) is 16.7. The topological polar surface area (TPSA) is 69.7 Å². The van der Waals surface area contributed by atoms with Crippen molar-refractivity contribution < 1.29 is 13.2 Å². The maximum Gasteiger partial charge on any atom is 0.223 e. The highest BCUT2D eigenvalue weighted by Gasteiger charge is 2.24. The average Bonchev–Trinajstić information content (AvgIpc) is 2.47. The van der Waals surface area contributed by atoms with Gasteiger partial charge in [0.15, 0.2) is 0 Å². The van der Waals surface area contributed by atoms with Gasteiger partial charge in [-0.2, -0.15) is 4.31 Å². The Labute approximate surface area is 127 Å². The van der Waals surface area contributed by atoms with Gasteiger partial charge in [0.2, 0.25) is 15.9 Å². The molecule has 2 aliphatic rings. The van der Waals surface area contributed by atoms with Crippen LogP contribution in [0.4, 0.5) is 0 Å². The molecule has 1 saturated carbocycles. The third kappa shape index (κ3) is 5.23. The van der Waals surface area contributed by atoms with Gasteiger partial charge in [0.1, 0.15) is 0 Å². The first-order valence-corrected chi connectivity index (χ1v) is 9.77. The molecule has 2 fully saturated rings. The lowest BCUT2D eigenvalue weighted by Crippen LogP contribution is -2.50. The Hall–Kier alpha value is -0.660. The fraction of sp³-hybridized carbons (Fsp3) is 0.929. The number of hydrogen-bond acceptors (Lipinski definition) is 4. The second-order valence-corrected chi connectivity index (χ2v) is 8.11. The molecular weight excluding hydrogens is 290 g/mol. The first-order valence-electron chi connectivity index (χ1n) is 7.92. The maximum atomic E-state index is 12.0. The molecule has 0 spiro atoms. The molecule has 2 rings (SSSR count). The van der Waals surface area contributed by atoms with Gasteiger partial charge in [-0.05, 0) is 12.8 Å². The van der Waals surface area contributed by atoms with Gasteiger partial charge in [-0.1, -0.05) is 19.3 Å². The van der Waals surface area contributed by atoms with Crippen LogP contribution in [0, 0.1) is 5.92 Å². The Bertz CT molecular complexity index is 438. The van der Waals surface area contributed by atoms with Crippen LogP contribution in [0.25, 0.3) is 0 Å². The van der Waals surface area contributed by atoms with Crippen LogP contribution in [-0.4, -0.2) is 69.1 Å². The van der Waals surface area contributed by atoms with Gasteiger partial charge in [-0.15, -0.1) is 0 Å². The smallest absolute Gasteiger partial charge is 0.223 e. The standard InChI is InChI=1S/C14H27N3O3S/c1-21(19,20)17-11-9-16(10-12-17)8-7-15-14(18)13-5-3-2-4-6-13/h13H,2-12H2,1H3,(H,15,18). The van der Waals surface area contributed by atoms with Gasteiger partial charge < -0.3 is 5.32 Å². The van der Waals surface area contributed by atoms with E-state index in [0.29, 0.717) is 19.6 Å². The van der Waals surface area contributed by atoms with Crippen LogP contribution in [-0.2, 0) is 14.8 Å². The lowest BCUT2D eigenvalue weighted by molar-refractivity contribution is -0.125. The zero-order valence-electron chi connectivity index (χ0n) is 12.9. The van der Waals surface area contributed by atoms with Crippen molar-refractivity contribution in [2.45, 2.75) is 32.1 Å². The van der Waals surface area contributed by atoms with E-state index in [9.17, 15) is 13.2 Å². The summed E-state index contributed by atoms with van der Waals surface area (Å²) in [5.41, 5.74) is 0. The SMILES string of the molecule is CS(=O)(=O)N1CCN(CCNC(=O)C2CCCCC2)CC1. The van der Waals surface area contributed by atoms with Gasteiger partial charge in [0.25, 0.3) is 0 Å². The monoisotopic (exact) mass is 317 g/mol. The highest BCUT2D eigenvalue weighted by atomic mass is 32.2. The molecule has 0 aromatic carbocycles. The van der Waals surface area contributed by atoms with E-state index in [1.54, 1.807) is 0 Å². The van der Waals surface area contributed by atoms with Gasteiger partial charge in [0.05, 0.1) is 6.26 Å². The van der Waals surface area contributed by atoms with Crippen molar-refractivity contribution in [1.82, 2.24) is 14.5 Å². The van der Waals surface area contributed by atoms with Crippen LogP contribution in [0.15, 0.2) is 0 Å². The van der Waals surface area contributed by atoms with Crippen molar-refractivity contribution in [2.75, 3.05) is 45.5 Å². The Kier molecular flexibility index (Phi) is 6.01. The highest BCUT2D eigenvalue weighted by Crippen LogP contribution is 2.23. The van der Waals surface area contributed by atoms with Gasteiger partial charge in [-0.25, -0.2) is 8.42 Å². The van der Waals surface area contributed by atoms with E-state index in [1.807, 2.05) is 0 Å². The van der Waals surface area contributed by atoms with Crippen LogP contribution in [0.1, 0.15) is 32.1 Å². The fourth-order valence-electron chi connectivity index (χ4n) is 3.13. The number of sulfonamides is 1. The molecule has 1 N–H and O–H groups in total. The zero-order chi connectivity index (χ0) is 15.3. The fourth-order valence-corrected chi connectivity index (χ4v) is 3.96. The van der Waals surface area contributed by atoms with E-state index in [1.165, 1.54) is 29.8 Å². The number of carbonyl (C=O) groups is 1. The van der Waals surface area contributed by atoms with E-state index in [0.717, 1.165) is 32.5 Å². The summed E-state index contributed by atoms with van der Waals surface area (Å²) in [4.78, 5) is 14.2. The van der Waals surface area contributed by atoms with Crippen LogP contribution >= 0.6 is 0 Å². The number of nitrogens with zero attached hydrogens (tertiary/aromatic N) is 2. The molecule has 1 amide bonds. The lowest BCUT2D eigenvalue weighted by atomic mass is 9.89. The van der Waals surface area contributed by atoms with Crippen molar-refractivity contribution in [2.24, 2.45) is 5.92 Å². The minimum absolute atomic E-state index is 0.199. The summed E-state index contributed by atoms with van der Waals surface area (Å²) in [6, 6.07) is 0. The third-order valence-corrected chi connectivity index (χ3v) is 5.81. The number of carbonyl (C=O) groups excluding carboxylic acids is 1. The molecule has 0 atom stereocenters. The quantitative estimate of drug-likeness (QED) is 0.790. The molecule has 0 unspecified atom stereocenters. The van der Waals surface area contributed by atoms with Gasteiger partial charge >= 0.3 is 0 Å². The summed E-state index contributed by atoms with van der Waals surface area (Å²) in [6.45, 7) is 4.05. The molecule has 0 radical (unpaired) electrons. The first-order chi connectivity index (χ1) is 9.97. The Balaban J connectivity index is 1.62. The van der Waals surface area contributed by atoms with Crippen LogP contribution < -0.4 is 5.32 Å². The summed E-state index contributed by atoms with van der Waals surface area (Å²) in [5, 5.41) is 3.03. The third-order valence-electron chi connectivity index (χ3n) is 4.50. The Morgan fingerprint density at radius 1 is 1.10 bits per heavy atom. The van der Waals surface area contributed by atoms with Crippen molar-refractivity contribution in [3.05, 3.63) is 0 Å². The van der Waals surface area contributed by atoms with Crippen molar-refractivity contribution in [3.8, 4) is 0 Å². The summed E-state index contributed by atoms with van der Waals surface area (Å²) in [5.74, 6) is 0.408. The van der Waals surface area contributed by atoms with E-state index in [-0.39, 0.29) is 11.8 Å². The normalized spacial score (nSPS) is 23.1. The molecule has 1 saturated heterocycles. The summed E-state index contributed by atoms with van der Waals surface area (Å²) >= 11 is 0. The molecule has 0 aromatic rings. The Morgan fingerprint density at radius 3 is 2.29 bits per heavy atom. The molecule has 6 nitrogen and oxygen atoms in total. The predicted octanol–water partition coefficient (Wildman–Crippen LogP) is 0.260. The zero-order valence-corrected chi connectivity index (χ0v) is 13.7. The maximum absolute atomic E-state index is 12.0. The van der Waals surface area contributed by atoms with E-state index < -0.39 is 10.0 Å². The molecular formula is C14H27N3O3S. The van der Waals surface area contributed by atoms with Gasteiger partial charge in [0, 0.05) is 45.2 Å². The van der Waals surface area contributed by atoms with Crippen LogP contribution in [0.2, 0.25) is 0 Å². The summed E-state index contributed by atoms with van der Waals surface area (Å²) in [7, 11) is -3.06. The number of nitrogens with one attached hydrogen (secondary N) is 1. The van der Waals surface area contributed by atoms with E-state index in [2.05, 4.69) is 10.2 Å². The molecule has 1 aliphatic heterocycles. The van der Waals surface area contributed by atoms with Crippen LogP contribution in [0.3, 0.4) is 0 Å². The molecule has 7 heteroatoms. The average molecular weight is 317 g/mol. The molecule has 1 aliphatic carbocycles. The Morgan fingerprint density at radius 2 is 1.71 bits per heavy atom. The van der Waals surface area contributed by atoms with E-state index >= 15 is 0 Å². The van der Waals surface area contributed by atoms with Gasteiger partial charge in [-0.3, -0.25) is 9.69 Å². The lowest BCUT2D eigenvalue weighted by Gasteiger charge is -2.33. The van der Waals surface area contributed by atoms with E-state index in [4.69, 9.17) is 0 Å². The number of rotatable bonds is 5. The molecule has 122 valence electrons. The second-order valence-electron chi connectivity index (χ2n) is 6.13. The van der Waals surface area contributed by atoms with Crippen molar-refractivity contribution in [3.63, 3.8) is 0 Å². The summed E-state index contributed by atoms with van der Waals surface area (Å²) < 4.78 is 24.4. The molecule has 21 heavy (non-hydrogen) atoms. The largest absolute Gasteiger partial charge is 0.355 e. The minimum Gasteiger partial charge on any atom is -0.355 e. The minimum atomic E-state index is -3.06. The molecule has 0 bridgehead atoms. The van der Waals surface area contributed by atoms with Crippen molar-refractivity contribution >= 4 is 15.9 Å². The summed E-state index contributed by atoms with van der Waals surface area (Å²) in [6.07, 6.45) is 6.91. The number of amides is 1. The highest BCUT2D eigenvalue weighted by molar-refractivity contribution is 7.88. The number of hydrogen-bond donors (Lipinski definition) is 1.